The zero-order valence-electron chi connectivity index (χ0n) is 24.2. The maximum absolute atomic E-state index is 13.6. The number of ether oxygens (including phenoxy) is 1. The molecule has 2 saturated heterocycles. The number of aliphatic hydroxyl groups is 1. The van der Waals surface area contributed by atoms with Crippen LogP contribution in [0.1, 0.15) is 39.5 Å². The summed E-state index contributed by atoms with van der Waals surface area (Å²) >= 11 is 0. The molecule has 4 rings (SSSR count). The van der Waals surface area contributed by atoms with Crippen LogP contribution in [-0.4, -0.2) is 112 Å². The maximum atomic E-state index is 13.6. The van der Waals surface area contributed by atoms with E-state index >= 15 is 0 Å². The van der Waals surface area contributed by atoms with E-state index in [2.05, 4.69) is 17.3 Å². The second-order valence-corrected chi connectivity index (χ2v) is 14.0. The Hall–Kier alpha value is -0.710. The van der Waals surface area contributed by atoms with Crippen molar-refractivity contribution in [3.8, 4) is 0 Å². The van der Waals surface area contributed by atoms with E-state index in [0.717, 1.165) is 25.8 Å². The van der Waals surface area contributed by atoms with Crippen molar-refractivity contribution in [2.45, 2.75) is 57.8 Å². The highest BCUT2D eigenvalue weighted by Crippen LogP contribution is 2.61. The maximum Gasteiger partial charge on any atom is 0.412 e. The third-order valence-corrected chi connectivity index (χ3v) is 11.8. The van der Waals surface area contributed by atoms with Crippen molar-refractivity contribution in [3.63, 3.8) is 0 Å². The topological polar surface area (TPSA) is 92.7 Å². The van der Waals surface area contributed by atoms with Crippen LogP contribution in [0.15, 0.2) is 12.2 Å². The van der Waals surface area contributed by atoms with Gasteiger partial charge in [0.1, 0.15) is 6.17 Å². The normalized spacial score (nSPS) is 35.3. The van der Waals surface area contributed by atoms with Crippen LogP contribution in [0.5, 0.6) is 0 Å². The molecule has 8 unspecified atom stereocenters. The van der Waals surface area contributed by atoms with E-state index in [4.69, 9.17) is 18.3 Å². The molecule has 2 aliphatic carbocycles. The largest absolute Gasteiger partial charge is 0.412 e. The number of rotatable bonds is 14. The number of aliphatic hydroxyl groups excluding tert-OH is 1. The number of halogens is 1. The zero-order valence-corrected chi connectivity index (χ0v) is 25.1. The molecule has 2 heterocycles. The molecule has 2 N–H and O–H groups in total. The van der Waals surface area contributed by atoms with E-state index in [1.54, 1.807) is 13.2 Å². The smallest absolute Gasteiger partial charge is 0.391 e. The number of nitrogens with zero attached hydrogens (tertiary/aromatic N) is 2. The Morgan fingerprint density at radius 2 is 1.92 bits per heavy atom. The monoisotopic (exact) mass is 574 g/mol. The highest BCUT2D eigenvalue weighted by Gasteiger charge is 2.58. The molecule has 11 heteroatoms. The van der Waals surface area contributed by atoms with Crippen LogP contribution in [0, 0.1) is 29.6 Å². The summed E-state index contributed by atoms with van der Waals surface area (Å²) in [5.41, 5.74) is 0. The van der Waals surface area contributed by atoms with Gasteiger partial charge in [0.2, 0.25) is 5.91 Å². The molecule has 2 aliphatic heterocycles. The van der Waals surface area contributed by atoms with Crippen LogP contribution in [0.3, 0.4) is 0 Å². The number of amides is 1. The fourth-order valence-corrected chi connectivity index (χ4v) is 9.33. The minimum Gasteiger partial charge on any atom is -0.391 e. The summed E-state index contributed by atoms with van der Waals surface area (Å²) in [5.74, 6) is 0.367. The Labute approximate surface area is 234 Å². The molecule has 3 fully saturated rings. The van der Waals surface area contributed by atoms with Gasteiger partial charge in [0.15, 0.2) is 6.16 Å². The lowest BCUT2D eigenvalue weighted by Gasteiger charge is -2.52. The van der Waals surface area contributed by atoms with Crippen molar-refractivity contribution < 1.29 is 32.6 Å². The number of hydrogen-bond donors (Lipinski definition) is 2. The molecular formula is C28H50FN3O6P+. The van der Waals surface area contributed by atoms with Crippen molar-refractivity contribution in [1.29, 1.82) is 0 Å². The van der Waals surface area contributed by atoms with Crippen molar-refractivity contribution in [2.75, 3.05) is 73.0 Å². The first-order valence-corrected chi connectivity index (χ1v) is 16.6. The molecule has 8 atom stereocenters. The van der Waals surface area contributed by atoms with Crippen LogP contribution >= 0.6 is 7.94 Å². The molecule has 1 amide bonds. The standard InChI is InChI=1S/C28H50FN3O6P/c1-5-37-39(35-4,38-6-2)15-13-30-19-36-18-24-22-8-7-14-31(3)26(22)27(33)25-23(24)17-32(28(25)34)16-20-9-11-21(29)12-10-20/h9,11,20-27,30,33H,5-8,10,12-19H2,1-4H3/q+1. The summed E-state index contributed by atoms with van der Waals surface area (Å²) in [6.07, 6.45) is 6.04. The third-order valence-electron chi connectivity index (χ3n) is 9.17. The number of piperidine rings is 1. The fraction of sp³-hybridized carbons (Fsp3) is 0.893. The molecule has 1 saturated carbocycles. The minimum absolute atomic E-state index is 0.0307. The van der Waals surface area contributed by atoms with Gasteiger partial charge in [-0.3, -0.25) is 10.1 Å². The van der Waals surface area contributed by atoms with Crippen LogP contribution in [-0.2, 0) is 23.1 Å². The number of carbonyl (C=O) groups excluding carboxylic acids is 1. The Morgan fingerprint density at radius 3 is 2.59 bits per heavy atom. The molecule has 0 radical (unpaired) electrons. The molecule has 9 nitrogen and oxygen atoms in total. The molecule has 224 valence electrons. The van der Waals surface area contributed by atoms with Gasteiger partial charge in [-0.05, 0) is 76.8 Å². The van der Waals surface area contributed by atoms with E-state index in [1.807, 2.05) is 24.8 Å². The van der Waals surface area contributed by atoms with Gasteiger partial charge < -0.3 is 19.6 Å². The molecule has 39 heavy (non-hydrogen) atoms. The second-order valence-electron chi connectivity index (χ2n) is 11.5. The number of allylic oxidation sites excluding steroid dienone is 1. The van der Waals surface area contributed by atoms with Gasteiger partial charge in [0, 0.05) is 25.7 Å². The lowest BCUT2D eigenvalue weighted by atomic mass is 9.61. The lowest BCUT2D eigenvalue weighted by molar-refractivity contribution is -0.148. The Bertz CT molecular complexity index is 818. The zero-order chi connectivity index (χ0) is 28.0. The van der Waals surface area contributed by atoms with Crippen LogP contribution in [0.25, 0.3) is 0 Å². The van der Waals surface area contributed by atoms with Gasteiger partial charge in [-0.25, -0.2) is 4.39 Å². The number of alkyl halides is 1. The minimum atomic E-state index is -2.35. The quantitative estimate of drug-likeness (QED) is 0.142. The Balaban J connectivity index is 1.37. The first-order valence-electron chi connectivity index (χ1n) is 14.8. The molecular weight excluding hydrogens is 524 g/mol. The fourth-order valence-electron chi connectivity index (χ4n) is 7.39. The second kappa shape index (κ2) is 14.5. The summed E-state index contributed by atoms with van der Waals surface area (Å²) in [6.45, 7) is 8.71. The van der Waals surface area contributed by atoms with E-state index < -0.39 is 26.1 Å². The average molecular weight is 575 g/mol. The van der Waals surface area contributed by atoms with Gasteiger partial charge in [-0.15, -0.1) is 0 Å². The summed E-state index contributed by atoms with van der Waals surface area (Å²) in [6, 6.07) is -0.0307. The molecule has 0 spiro atoms. The van der Waals surface area contributed by atoms with Crippen molar-refractivity contribution in [3.05, 3.63) is 12.2 Å². The molecule has 0 aromatic heterocycles. The molecule has 0 bridgehead atoms. The van der Waals surface area contributed by atoms with Crippen molar-refractivity contribution in [2.24, 2.45) is 29.6 Å². The van der Waals surface area contributed by atoms with E-state index in [1.165, 1.54) is 0 Å². The Kier molecular flexibility index (Phi) is 11.6. The number of likely N-dealkylation sites (tertiary alicyclic amines) is 2. The number of nitrogens with one attached hydrogen (secondary N) is 1. The number of fused-ring (bicyclic) bond motifs is 2. The van der Waals surface area contributed by atoms with E-state index in [-0.39, 0.29) is 35.6 Å². The molecule has 0 aromatic carbocycles. The predicted molar refractivity (Wildman–Crippen MR) is 150 cm³/mol. The lowest BCUT2D eigenvalue weighted by Crippen LogP contribution is -2.61. The Morgan fingerprint density at radius 1 is 1.15 bits per heavy atom. The predicted octanol–water partition coefficient (Wildman–Crippen LogP) is 3.11. The summed E-state index contributed by atoms with van der Waals surface area (Å²) in [5, 5.41) is 14.8. The van der Waals surface area contributed by atoms with E-state index in [9.17, 15) is 14.3 Å². The third kappa shape index (κ3) is 7.20. The van der Waals surface area contributed by atoms with Crippen LogP contribution in [0.4, 0.5) is 4.39 Å². The SMILES string of the molecule is CCO[P+](CCNCOCC1C2CN(CC3C=CC(F)CC3)C(=O)C2C(O)C2C1CCCN2C)(OC)OCC. The average Bonchev–Trinajstić information content (AvgIpc) is 3.24. The van der Waals surface area contributed by atoms with Gasteiger partial charge in [0.25, 0.3) is 0 Å². The highest BCUT2D eigenvalue weighted by atomic mass is 31.2. The van der Waals surface area contributed by atoms with Gasteiger partial charge in [-0.1, -0.05) is 12.2 Å². The van der Waals surface area contributed by atoms with Crippen molar-refractivity contribution in [1.82, 2.24) is 15.1 Å². The van der Waals surface area contributed by atoms with Gasteiger partial charge >= 0.3 is 7.94 Å². The molecule has 0 aromatic rings. The molecule has 4 aliphatic rings. The van der Waals surface area contributed by atoms with E-state index in [0.29, 0.717) is 58.8 Å². The van der Waals surface area contributed by atoms with Crippen molar-refractivity contribution >= 4 is 13.9 Å². The highest BCUT2D eigenvalue weighted by molar-refractivity contribution is 7.61. The van der Waals surface area contributed by atoms with Gasteiger partial charge in [0.05, 0.1) is 45.7 Å². The number of carbonyl (C=O) groups is 1. The van der Waals surface area contributed by atoms with Crippen LogP contribution in [0.2, 0.25) is 0 Å². The first kappa shape index (κ1) is 31.2. The summed E-state index contributed by atoms with van der Waals surface area (Å²) in [4.78, 5) is 17.8. The number of hydrogen-bond acceptors (Lipinski definition) is 8. The summed E-state index contributed by atoms with van der Waals surface area (Å²) in [7, 11) is 1.35. The first-order chi connectivity index (χ1) is 18.8. The van der Waals surface area contributed by atoms with Gasteiger partial charge in [-0.2, -0.15) is 13.6 Å². The van der Waals surface area contributed by atoms with Crippen LogP contribution < -0.4 is 5.32 Å². The number of likely N-dealkylation sites (N-methyl/N-ethyl adjacent to an activating group) is 1. The summed E-state index contributed by atoms with van der Waals surface area (Å²) < 4.78 is 37.1.